The van der Waals surface area contributed by atoms with Gasteiger partial charge >= 0.3 is 0 Å². The number of nitrogens with one attached hydrogen (secondary N) is 1. The van der Waals surface area contributed by atoms with E-state index in [0.717, 1.165) is 33.4 Å². The minimum atomic E-state index is -0.185. The zero-order valence-corrected chi connectivity index (χ0v) is 22.2. The third-order valence-electron chi connectivity index (χ3n) is 6.44. The second-order valence-corrected chi connectivity index (χ2v) is 10.1. The fourth-order valence-corrected chi connectivity index (χ4v) is 4.79. The molecule has 0 saturated heterocycles. The molecule has 1 aromatic carbocycles. The third-order valence-corrected chi connectivity index (χ3v) is 6.44. The highest BCUT2D eigenvalue weighted by Gasteiger charge is 2.25. The number of anilines is 1. The molecule has 0 bridgehead atoms. The molecule has 36 heavy (non-hydrogen) atoms. The standard InChI is InChI=1S/C29H35N5O2/c1-18(2)33-15-20(4)27-23(11-9-12-25(27)33)29(36)34(17-24-19(3)14-21(5)30-28(24)35)26-13-8-10-22(31-26)16-32(6)7/h8-15,18H,16-17H2,1-7H3,(H,30,35). The monoisotopic (exact) mass is 485 g/mol. The molecule has 0 radical (unpaired) electrons. The molecular weight excluding hydrogens is 450 g/mol. The van der Waals surface area contributed by atoms with Gasteiger partial charge in [-0.2, -0.15) is 0 Å². The van der Waals surface area contributed by atoms with E-state index >= 15 is 0 Å². The molecule has 188 valence electrons. The average Bonchev–Trinajstić information content (AvgIpc) is 3.15. The Bertz CT molecular complexity index is 1480. The number of amides is 1. The van der Waals surface area contributed by atoms with Crippen LogP contribution in [0.4, 0.5) is 5.82 Å². The highest BCUT2D eigenvalue weighted by molar-refractivity contribution is 6.14. The summed E-state index contributed by atoms with van der Waals surface area (Å²) in [6.45, 7) is 10.8. The lowest BCUT2D eigenvalue weighted by molar-refractivity contribution is 0.0985. The van der Waals surface area contributed by atoms with Gasteiger partial charge in [0, 0.05) is 46.5 Å². The van der Waals surface area contributed by atoms with Crippen molar-refractivity contribution in [2.45, 2.75) is 53.8 Å². The highest BCUT2D eigenvalue weighted by Crippen LogP contribution is 2.30. The number of carbonyl (C=O) groups excluding carboxylic acids is 1. The zero-order valence-electron chi connectivity index (χ0n) is 22.2. The normalized spacial score (nSPS) is 11.6. The summed E-state index contributed by atoms with van der Waals surface area (Å²) in [5.74, 6) is 0.343. The largest absolute Gasteiger partial charge is 0.345 e. The Morgan fingerprint density at radius 1 is 1.03 bits per heavy atom. The van der Waals surface area contributed by atoms with Crippen molar-refractivity contribution in [1.29, 1.82) is 0 Å². The zero-order chi connectivity index (χ0) is 26.1. The van der Waals surface area contributed by atoms with Crippen molar-refractivity contribution in [2.75, 3.05) is 19.0 Å². The fourth-order valence-electron chi connectivity index (χ4n) is 4.79. The van der Waals surface area contributed by atoms with E-state index in [1.165, 1.54) is 0 Å². The number of rotatable bonds is 7. The number of pyridine rings is 2. The first kappa shape index (κ1) is 25.4. The first-order valence-corrected chi connectivity index (χ1v) is 12.3. The number of aromatic amines is 1. The quantitative estimate of drug-likeness (QED) is 0.393. The van der Waals surface area contributed by atoms with Crippen LogP contribution in [0.1, 0.15) is 58.3 Å². The van der Waals surface area contributed by atoms with Crippen molar-refractivity contribution in [2.24, 2.45) is 0 Å². The molecule has 7 nitrogen and oxygen atoms in total. The van der Waals surface area contributed by atoms with Gasteiger partial charge in [0.1, 0.15) is 5.82 Å². The molecule has 0 aliphatic rings. The van der Waals surface area contributed by atoms with E-state index in [4.69, 9.17) is 4.98 Å². The van der Waals surface area contributed by atoms with Gasteiger partial charge in [0.05, 0.1) is 12.2 Å². The predicted octanol–water partition coefficient (Wildman–Crippen LogP) is 5.14. The maximum absolute atomic E-state index is 14.3. The molecule has 0 aliphatic carbocycles. The number of hydrogen-bond donors (Lipinski definition) is 1. The van der Waals surface area contributed by atoms with Crippen LogP contribution in [-0.2, 0) is 13.1 Å². The molecule has 0 spiro atoms. The van der Waals surface area contributed by atoms with Crippen LogP contribution >= 0.6 is 0 Å². The van der Waals surface area contributed by atoms with Crippen molar-refractivity contribution >= 4 is 22.6 Å². The Morgan fingerprint density at radius 3 is 2.42 bits per heavy atom. The second-order valence-electron chi connectivity index (χ2n) is 10.1. The predicted molar refractivity (Wildman–Crippen MR) is 146 cm³/mol. The first-order valence-electron chi connectivity index (χ1n) is 12.3. The van der Waals surface area contributed by atoms with E-state index in [2.05, 4.69) is 29.6 Å². The summed E-state index contributed by atoms with van der Waals surface area (Å²) in [5.41, 5.74) is 5.52. The van der Waals surface area contributed by atoms with Crippen molar-refractivity contribution in [3.8, 4) is 0 Å². The average molecular weight is 486 g/mol. The van der Waals surface area contributed by atoms with Crippen LogP contribution < -0.4 is 10.5 Å². The molecule has 1 N–H and O–H groups in total. The van der Waals surface area contributed by atoms with Gasteiger partial charge in [-0.15, -0.1) is 0 Å². The Balaban J connectivity index is 1.88. The van der Waals surface area contributed by atoms with Crippen LogP contribution in [0.2, 0.25) is 0 Å². The van der Waals surface area contributed by atoms with E-state index in [1.807, 2.05) is 82.2 Å². The molecule has 7 heteroatoms. The van der Waals surface area contributed by atoms with Crippen LogP contribution in [-0.4, -0.2) is 39.4 Å². The van der Waals surface area contributed by atoms with Gasteiger partial charge in [0.15, 0.2) is 0 Å². The molecule has 4 rings (SSSR count). The van der Waals surface area contributed by atoms with Crippen molar-refractivity contribution in [1.82, 2.24) is 19.4 Å². The summed E-state index contributed by atoms with van der Waals surface area (Å²) in [6.07, 6.45) is 2.10. The third kappa shape index (κ3) is 4.97. The van der Waals surface area contributed by atoms with Crippen molar-refractivity contribution < 1.29 is 4.79 Å². The molecule has 0 saturated carbocycles. The van der Waals surface area contributed by atoms with Crippen LogP contribution in [0.15, 0.2) is 53.5 Å². The smallest absolute Gasteiger partial charge is 0.260 e. The molecule has 3 aromatic heterocycles. The topological polar surface area (TPSA) is 74.2 Å². The van der Waals surface area contributed by atoms with Gasteiger partial charge < -0.3 is 14.5 Å². The second kappa shape index (κ2) is 10.1. The Kier molecular flexibility index (Phi) is 7.13. The number of H-pyrrole nitrogens is 1. The number of benzene rings is 1. The lowest BCUT2D eigenvalue weighted by atomic mass is 10.0. The van der Waals surface area contributed by atoms with E-state index in [-0.39, 0.29) is 24.1 Å². The first-order chi connectivity index (χ1) is 17.1. The van der Waals surface area contributed by atoms with Crippen molar-refractivity contribution in [3.63, 3.8) is 0 Å². The minimum Gasteiger partial charge on any atom is -0.345 e. The SMILES string of the molecule is Cc1cc(C)c(CN(C(=O)c2cccc3c2c(C)cn3C(C)C)c2cccc(CN(C)C)n2)c(=O)[nH]1. The van der Waals surface area contributed by atoms with Gasteiger partial charge in [-0.3, -0.25) is 14.5 Å². The number of fused-ring (bicyclic) bond motifs is 1. The van der Waals surface area contributed by atoms with Crippen LogP contribution in [0, 0.1) is 20.8 Å². The summed E-state index contributed by atoms with van der Waals surface area (Å²) in [7, 11) is 3.96. The maximum atomic E-state index is 14.3. The molecule has 0 fully saturated rings. The maximum Gasteiger partial charge on any atom is 0.260 e. The van der Waals surface area contributed by atoms with Crippen LogP contribution in [0.25, 0.3) is 10.9 Å². The lowest BCUT2D eigenvalue weighted by Gasteiger charge is -2.24. The van der Waals surface area contributed by atoms with Crippen LogP contribution in [0.5, 0.6) is 0 Å². The van der Waals surface area contributed by atoms with E-state index in [0.29, 0.717) is 23.5 Å². The van der Waals surface area contributed by atoms with Gasteiger partial charge in [0.25, 0.3) is 11.5 Å². The van der Waals surface area contributed by atoms with Crippen molar-refractivity contribution in [3.05, 3.63) is 92.7 Å². The summed E-state index contributed by atoms with van der Waals surface area (Å²) < 4.78 is 2.19. The number of hydrogen-bond acceptors (Lipinski definition) is 4. The van der Waals surface area contributed by atoms with Crippen LogP contribution in [0.3, 0.4) is 0 Å². The van der Waals surface area contributed by atoms with Gasteiger partial charge in [0.2, 0.25) is 0 Å². The molecule has 4 aromatic rings. The molecule has 0 atom stereocenters. The molecule has 3 heterocycles. The summed E-state index contributed by atoms with van der Waals surface area (Å²) in [6, 6.07) is 13.7. The van der Waals surface area contributed by atoms with Gasteiger partial charge in [-0.25, -0.2) is 4.98 Å². The minimum absolute atomic E-state index is 0.124. The Labute approximate surface area is 212 Å². The highest BCUT2D eigenvalue weighted by atomic mass is 16.2. The summed E-state index contributed by atoms with van der Waals surface area (Å²) in [4.78, 5) is 38.6. The Morgan fingerprint density at radius 2 is 1.75 bits per heavy atom. The van der Waals surface area contributed by atoms with E-state index < -0.39 is 0 Å². The van der Waals surface area contributed by atoms with E-state index in [9.17, 15) is 9.59 Å². The number of nitrogens with zero attached hydrogens (tertiary/aromatic N) is 4. The lowest BCUT2D eigenvalue weighted by Crippen LogP contribution is -2.34. The molecular formula is C29H35N5O2. The fraction of sp³-hybridized carbons (Fsp3) is 0.345. The number of aromatic nitrogens is 3. The number of carbonyl (C=O) groups is 1. The molecule has 0 unspecified atom stereocenters. The van der Waals surface area contributed by atoms with Gasteiger partial charge in [-0.05, 0) is 90.2 Å². The Hall–Kier alpha value is -3.71. The van der Waals surface area contributed by atoms with Gasteiger partial charge in [-0.1, -0.05) is 12.1 Å². The van der Waals surface area contributed by atoms with E-state index in [1.54, 1.807) is 4.90 Å². The summed E-state index contributed by atoms with van der Waals surface area (Å²) in [5, 5.41) is 0.931. The molecule has 0 aliphatic heterocycles. The number of aryl methyl sites for hydroxylation is 3. The molecule has 1 amide bonds. The summed E-state index contributed by atoms with van der Waals surface area (Å²) >= 11 is 0.